The first-order chi connectivity index (χ1) is 10.9. The summed E-state index contributed by atoms with van der Waals surface area (Å²) < 4.78 is 5.19. The van der Waals surface area contributed by atoms with Gasteiger partial charge in [0.05, 0.1) is 12.5 Å². The Morgan fingerprint density at radius 2 is 1.96 bits per heavy atom. The summed E-state index contributed by atoms with van der Waals surface area (Å²) in [7, 11) is 0. The molecule has 1 aromatic carbocycles. The molecule has 0 radical (unpaired) electrons. The van der Waals surface area contributed by atoms with E-state index in [0.29, 0.717) is 16.7 Å². The summed E-state index contributed by atoms with van der Waals surface area (Å²) in [5.74, 6) is 0.503. The van der Waals surface area contributed by atoms with Gasteiger partial charge in [-0.1, -0.05) is 30.6 Å². The monoisotopic (exact) mass is 337 g/mol. The topological polar surface area (TPSA) is 88.2 Å². The molecular weight excluding hydrogens is 318 g/mol. The van der Waals surface area contributed by atoms with Crippen LogP contribution >= 0.6 is 11.6 Å². The van der Waals surface area contributed by atoms with Gasteiger partial charge in [-0.25, -0.2) is 0 Å². The van der Waals surface area contributed by atoms with Crippen LogP contribution in [0.2, 0.25) is 5.02 Å². The summed E-state index contributed by atoms with van der Waals surface area (Å²) in [6.45, 7) is 5.47. The molecule has 0 aliphatic rings. The molecule has 1 amide bonds. The van der Waals surface area contributed by atoms with E-state index in [2.05, 4.69) is 15.5 Å². The second-order valence-electron chi connectivity index (χ2n) is 5.77. The van der Waals surface area contributed by atoms with E-state index >= 15 is 0 Å². The number of aliphatic hydroxyl groups is 1. The van der Waals surface area contributed by atoms with Gasteiger partial charge < -0.3 is 14.9 Å². The quantitative estimate of drug-likeness (QED) is 0.846. The fourth-order valence-electron chi connectivity index (χ4n) is 1.92. The summed E-state index contributed by atoms with van der Waals surface area (Å²) in [4.78, 5) is 16.2. The Labute approximate surface area is 139 Å². The van der Waals surface area contributed by atoms with Gasteiger partial charge >= 0.3 is 0 Å². The molecule has 2 N–H and O–H groups in total. The Morgan fingerprint density at radius 1 is 1.30 bits per heavy atom. The van der Waals surface area contributed by atoms with Crippen molar-refractivity contribution in [2.24, 2.45) is 5.92 Å². The van der Waals surface area contributed by atoms with Crippen molar-refractivity contribution >= 4 is 17.5 Å². The van der Waals surface area contributed by atoms with E-state index in [4.69, 9.17) is 16.1 Å². The highest BCUT2D eigenvalue weighted by atomic mass is 35.5. The molecule has 2 unspecified atom stereocenters. The number of hydrogen-bond acceptors (Lipinski definition) is 5. The van der Waals surface area contributed by atoms with Crippen LogP contribution in [-0.2, 0) is 4.79 Å². The Hall–Kier alpha value is -1.92. The third-order valence-electron chi connectivity index (χ3n) is 3.46. The van der Waals surface area contributed by atoms with Gasteiger partial charge in [-0.05, 0) is 37.1 Å². The fraction of sp³-hybridized carbons (Fsp3) is 0.438. The van der Waals surface area contributed by atoms with E-state index in [1.54, 1.807) is 31.2 Å². The minimum atomic E-state index is -0.672. The molecule has 2 atom stereocenters. The number of rotatable bonds is 6. The average molecular weight is 338 g/mol. The maximum absolute atomic E-state index is 11.9. The van der Waals surface area contributed by atoms with Crippen molar-refractivity contribution in [3.8, 4) is 11.4 Å². The largest absolute Gasteiger partial charge is 0.392 e. The molecular formula is C16H20ClN3O3. The minimum Gasteiger partial charge on any atom is -0.392 e. The lowest BCUT2D eigenvalue weighted by Crippen LogP contribution is -2.31. The summed E-state index contributed by atoms with van der Waals surface area (Å²) in [5, 5.41) is 17.0. The molecule has 0 saturated carbocycles. The lowest BCUT2D eigenvalue weighted by Gasteiger charge is -2.15. The molecule has 0 aliphatic heterocycles. The highest BCUT2D eigenvalue weighted by molar-refractivity contribution is 6.30. The highest BCUT2D eigenvalue weighted by Gasteiger charge is 2.20. The number of carbonyl (C=O) groups excluding carboxylic acids is 1. The third-order valence-corrected chi connectivity index (χ3v) is 3.71. The molecule has 0 fully saturated rings. The maximum atomic E-state index is 11.9. The van der Waals surface area contributed by atoms with Crippen molar-refractivity contribution in [1.29, 1.82) is 0 Å². The Kier molecular flexibility index (Phi) is 5.74. The molecule has 0 spiro atoms. The first-order valence-electron chi connectivity index (χ1n) is 7.43. The van der Waals surface area contributed by atoms with E-state index in [0.717, 1.165) is 5.56 Å². The van der Waals surface area contributed by atoms with Crippen LogP contribution in [0.3, 0.4) is 0 Å². The predicted octanol–water partition coefficient (Wildman–Crippen LogP) is 2.97. The van der Waals surface area contributed by atoms with Crippen molar-refractivity contribution in [3.63, 3.8) is 0 Å². The number of nitrogens with one attached hydrogen (secondary N) is 1. The Bertz CT molecular complexity index is 655. The van der Waals surface area contributed by atoms with Gasteiger partial charge in [0.25, 0.3) is 0 Å². The lowest BCUT2D eigenvalue weighted by molar-refractivity contribution is -0.124. The molecule has 0 saturated heterocycles. The van der Waals surface area contributed by atoms with Crippen LogP contribution in [0.5, 0.6) is 0 Å². The van der Waals surface area contributed by atoms with Crippen molar-refractivity contribution in [3.05, 3.63) is 35.2 Å². The Morgan fingerprint density at radius 3 is 2.57 bits per heavy atom. The van der Waals surface area contributed by atoms with E-state index < -0.39 is 12.1 Å². The number of aromatic nitrogens is 2. The summed E-state index contributed by atoms with van der Waals surface area (Å²) in [6.07, 6.45) is -0.630. The second-order valence-corrected chi connectivity index (χ2v) is 6.20. The first kappa shape index (κ1) is 17.4. The fourth-order valence-corrected chi connectivity index (χ4v) is 2.04. The molecule has 2 rings (SSSR count). The SMILES string of the molecule is CC(NC(=O)CC(O)C(C)C)c1nc(-c2ccc(Cl)cc2)no1. The van der Waals surface area contributed by atoms with Crippen LogP contribution in [0.4, 0.5) is 0 Å². The number of carbonyl (C=O) groups is 1. The van der Waals surface area contributed by atoms with Crippen LogP contribution < -0.4 is 5.32 Å². The van der Waals surface area contributed by atoms with E-state index in [1.807, 2.05) is 13.8 Å². The molecule has 6 nitrogen and oxygen atoms in total. The molecule has 7 heteroatoms. The summed E-state index contributed by atoms with van der Waals surface area (Å²) in [6, 6.07) is 6.63. The van der Waals surface area contributed by atoms with Gasteiger partial charge in [-0.15, -0.1) is 0 Å². The normalized spacial score (nSPS) is 13.8. The summed E-state index contributed by atoms with van der Waals surface area (Å²) >= 11 is 5.84. The molecule has 1 aromatic heterocycles. The van der Waals surface area contributed by atoms with Crippen LogP contribution in [0.25, 0.3) is 11.4 Å². The van der Waals surface area contributed by atoms with Crippen LogP contribution in [0.15, 0.2) is 28.8 Å². The zero-order chi connectivity index (χ0) is 17.0. The standard InChI is InChI=1S/C16H20ClN3O3/c1-9(2)13(21)8-14(22)18-10(3)16-19-15(20-23-16)11-4-6-12(17)7-5-11/h4-7,9-10,13,21H,8H2,1-3H3,(H,18,22). The van der Waals surface area contributed by atoms with Crippen molar-refractivity contribution in [2.75, 3.05) is 0 Å². The van der Waals surface area contributed by atoms with Crippen LogP contribution in [0, 0.1) is 5.92 Å². The second kappa shape index (κ2) is 7.57. The third kappa shape index (κ3) is 4.77. The van der Waals surface area contributed by atoms with E-state index in [-0.39, 0.29) is 18.2 Å². The lowest BCUT2D eigenvalue weighted by atomic mass is 10.0. The van der Waals surface area contributed by atoms with Gasteiger partial charge in [0.2, 0.25) is 17.6 Å². The molecule has 0 aliphatic carbocycles. The minimum absolute atomic E-state index is 0.0240. The summed E-state index contributed by atoms with van der Waals surface area (Å²) in [5.41, 5.74) is 0.776. The van der Waals surface area contributed by atoms with E-state index in [1.165, 1.54) is 0 Å². The van der Waals surface area contributed by atoms with Crippen LogP contribution in [-0.4, -0.2) is 27.3 Å². The highest BCUT2D eigenvalue weighted by Crippen LogP contribution is 2.20. The number of amides is 1. The first-order valence-corrected chi connectivity index (χ1v) is 7.81. The van der Waals surface area contributed by atoms with Crippen molar-refractivity contribution < 1.29 is 14.4 Å². The molecule has 0 bridgehead atoms. The zero-order valence-corrected chi connectivity index (χ0v) is 14.0. The molecule has 124 valence electrons. The Balaban J connectivity index is 1.99. The maximum Gasteiger partial charge on any atom is 0.249 e. The number of halogens is 1. The van der Waals surface area contributed by atoms with Crippen molar-refractivity contribution in [2.45, 2.75) is 39.3 Å². The number of hydrogen-bond donors (Lipinski definition) is 2. The van der Waals surface area contributed by atoms with Gasteiger partial charge in [0.1, 0.15) is 6.04 Å². The zero-order valence-electron chi connectivity index (χ0n) is 13.3. The number of benzene rings is 1. The van der Waals surface area contributed by atoms with Gasteiger partial charge in [0, 0.05) is 10.6 Å². The van der Waals surface area contributed by atoms with Crippen molar-refractivity contribution in [1.82, 2.24) is 15.5 Å². The molecule has 2 aromatic rings. The number of nitrogens with zero attached hydrogens (tertiary/aromatic N) is 2. The molecule has 1 heterocycles. The van der Waals surface area contributed by atoms with Gasteiger partial charge in [0.15, 0.2) is 0 Å². The average Bonchev–Trinajstić information content (AvgIpc) is 2.97. The predicted molar refractivity (Wildman–Crippen MR) is 86.8 cm³/mol. The smallest absolute Gasteiger partial charge is 0.249 e. The van der Waals surface area contributed by atoms with Gasteiger partial charge in [-0.2, -0.15) is 4.98 Å². The molecule has 23 heavy (non-hydrogen) atoms. The van der Waals surface area contributed by atoms with Crippen LogP contribution in [0.1, 0.15) is 39.1 Å². The van der Waals surface area contributed by atoms with Gasteiger partial charge in [-0.3, -0.25) is 4.79 Å². The van der Waals surface area contributed by atoms with E-state index in [9.17, 15) is 9.90 Å². The number of aliphatic hydroxyl groups excluding tert-OH is 1.